The van der Waals surface area contributed by atoms with E-state index in [1.807, 2.05) is 60.8 Å². The van der Waals surface area contributed by atoms with Gasteiger partial charge in [-0.25, -0.2) is 0 Å². The number of pyridine rings is 1. The number of fused-ring (bicyclic) bond motifs is 1. The number of hydrogen-bond acceptors (Lipinski definition) is 5. The van der Waals surface area contributed by atoms with Crippen molar-refractivity contribution in [2.24, 2.45) is 0 Å². The molecule has 8 heteroatoms. The lowest BCUT2D eigenvalue weighted by molar-refractivity contribution is 0.174. The number of nitrogens with one attached hydrogen (secondary N) is 1. The van der Waals surface area contributed by atoms with E-state index in [2.05, 4.69) is 45.7 Å². The highest BCUT2D eigenvalue weighted by molar-refractivity contribution is 7.80. The van der Waals surface area contributed by atoms with E-state index < -0.39 is 0 Å². The van der Waals surface area contributed by atoms with Crippen molar-refractivity contribution in [2.75, 3.05) is 18.8 Å². The van der Waals surface area contributed by atoms with Crippen LogP contribution in [0.4, 0.5) is 5.69 Å². The quantitative estimate of drug-likeness (QED) is 0.370. The molecule has 1 saturated heterocycles. The van der Waals surface area contributed by atoms with E-state index in [1.54, 1.807) is 7.11 Å². The van der Waals surface area contributed by atoms with Crippen LogP contribution in [0.3, 0.4) is 0 Å². The Morgan fingerprint density at radius 1 is 1.00 bits per heavy atom. The van der Waals surface area contributed by atoms with Crippen LogP contribution in [0.5, 0.6) is 17.2 Å². The molecule has 2 aromatic carbocycles. The van der Waals surface area contributed by atoms with Crippen molar-refractivity contribution in [1.29, 1.82) is 0 Å². The minimum Gasteiger partial charge on any atom is -0.495 e. The molecule has 1 fully saturated rings. The van der Waals surface area contributed by atoms with Gasteiger partial charge in [-0.15, -0.1) is 0 Å². The van der Waals surface area contributed by atoms with Gasteiger partial charge in [0.05, 0.1) is 30.6 Å². The van der Waals surface area contributed by atoms with Crippen LogP contribution in [0, 0.1) is 13.8 Å². The Hall–Kier alpha value is -4.04. The van der Waals surface area contributed by atoms with Gasteiger partial charge in [0.25, 0.3) is 0 Å². The zero-order chi connectivity index (χ0) is 24.8. The van der Waals surface area contributed by atoms with Crippen LogP contribution in [0.1, 0.15) is 34.7 Å². The zero-order valence-electron chi connectivity index (χ0n) is 20.3. The molecule has 0 bridgehead atoms. The van der Waals surface area contributed by atoms with Gasteiger partial charge in [0.15, 0.2) is 16.6 Å². The van der Waals surface area contributed by atoms with Crippen molar-refractivity contribution in [1.82, 2.24) is 14.9 Å². The Labute approximate surface area is 215 Å². The van der Waals surface area contributed by atoms with E-state index in [0.29, 0.717) is 5.11 Å². The van der Waals surface area contributed by atoms with Gasteiger partial charge in [-0.1, -0.05) is 18.2 Å². The number of hydrogen-bond donors (Lipinski definition) is 1. The third-order valence-electron chi connectivity index (χ3n) is 6.85. The predicted octanol–water partition coefficient (Wildman–Crippen LogP) is 5.40. The van der Waals surface area contributed by atoms with Gasteiger partial charge < -0.3 is 29.0 Å². The van der Waals surface area contributed by atoms with E-state index in [4.69, 9.17) is 26.4 Å². The topological polar surface area (TPSA) is 60.8 Å². The van der Waals surface area contributed by atoms with Gasteiger partial charge in [0, 0.05) is 29.3 Å². The van der Waals surface area contributed by atoms with Crippen molar-refractivity contribution in [3.05, 3.63) is 95.6 Å². The molecule has 4 aromatic rings. The first-order valence-electron chi connectivity index (χ1n) is 11.8. The highest BCUT2D eigenvalue weighted by Gasteiger charge is 2.43. The van der Waals surface area contributed by atoms with Gasteiger partial charge in [-0.05, 0) is 74.1 Å². The summed E-state index contributed by atoms with van der Waals surface area (Å²) in [6, 6.07) is 21.9. The monoisotopic (exact) mass is 498 g/mol. The molecule has 0 spiro atoms. The number of ether oxygens (including phenoxy) is 3. The van der Waals surface area contributed by atoms with Crippen molar-refractivity contribution in [3.63, 3.8) is 0 Å². The molecule has 2 atom stereocenters. The van der Waals surface area contributed by atoms with Gasteiger partial charge in [-0.3, -0.25) is 4.98 Å². The lowest BCUT2D eigenvalue weighted by Crippen LogP contribution is -2.30. The van der Waals surface area contributed by atoms with Crippen LogP contribution in [-0.2, 0) is 0 Å². The summed E-state index contributed by atoms with van der Waals surface area (Å²) in [5, 5.41) is 4.17. The molecule has 2 aliphatic rings. The summed E-state index contributed by atoms with van der Waals surface area (Å²) in [6.07, 6.45) is 1.82. The maximum absolute atomic E-state index is 5.91. The molecule has 2 aliphatic heterocycles. The summed E-state index contributed by atoms with van der Waals surface area (Å²) < 4.78 is 19.1. The Bertz CT molecular complexity index is 1450. The summed E-state index contributed by atoms with van der Waals surface area (Å²) >= 11 is 5.91. The lowest BCUT2D eigenvalue weighted by Gasteiger charge is -2.29. The number of benzene rings is 2. The standard InChI is InChI=1S/C28H26N4O3S/c1-17-14-20(18(2)31(17)19-11-12-24-25(15-19)35-16-34-24)27-26(21-8-6-7-13-29-21)30-28(36)32(27)22-9-4-5-10-23(22)33-3/h4-15,26-27H,16H2,1-3H3,(H,30,36)/t26-,27-/m0/s1. The number of thiocarbonyl (C=S) groups is 1. The number of rotatable bonds is 5. The molecule has 6 rings (SSSR count). The van der Waals surface area contributed by atoms with E-state index in [9.17, 15) is 0 Å². The molecular formula is C28H26N4O3S. The Morgan fingerprint density at radius 3 is 2.61 bits per heavy atom. The molecule has 0 unspecified atom stereocenters. The van der Waals surface area contributed by atoms with E-state index in [0.717, 1.165) is 51.3 Å². The van der Waals surface area contributed by atoms with E-state index in [1.165, 1.54) is 0 Å². The number of methoxy groups -OCH3 is 1. The number of aromatic nitrogens is 2. The summed E-state index contributed by atoms with van der Waals surface area (Å²) in [5.74, 6) is 2.29. The van der Waals surface area contributed by atoms with E-state index in [-0.39, 0.29) is 18.9 Å². The molecule has 0 amide bonds. The van der Waals surface area contributed by atoms with Crippen LogP contribution in [-0.4, -0.2) is 28.6 Å². The van der Waals surface area contributed by atoms with Crippen LogP contribution in [0.2, 0.25) is 0 Å². The molecular weight excluding hydrogens is 472 g/mol. The maximum Gasteiger partial charge on any atom is 0.231 e. The Kier molecular flexibility index (Phi) is 5.53. The minimum absolute atomic E-state index is 0.141. The second-order valence-corrected chi connectivity index (χ2v) is 9.25. The third-order valence-corrected chi connectivity index (χ3v) is 7.16. The average Bonchev–Trinajstić information content (AvgIpc) is 3.59. The summed E-state index contributed by atoms with van der Waals surface area (Å²) in [5.41, 5.74) is 6.23. The first-order chi connectivity index (χ1) is 17.6. The predicted molar refractivity (Wildman–Crippen MR) is 142 cm³/mol. The van der Waals surface area contributed by atoms with Gasteiger partial charge in [0.2, 0.25) is 6.79 Å². The molecule has 2 aromatic heterocycles. The average molecular weight is 499 g/mol. The summed E-state index contributed by atoms with van der Waals surface area (Å²) in [4.78, 5) is 6.83. The van der Waals surface area contributed by atoms with Gasteiger partial charge in [-0.2, -0.15) is 0 Å². The maximum atomic E-state index is 5.91. The number of nitrogens with zero attached hydrogens (tertiary/aromatic N) is 3. The Morgan fingerprint density at radius 2 is 1.81 bits per heavy atom. The molecule has 0 radical (unpaired) electrons. The van der Waals surface area contributed by atoms with Gasteiger partial charge >= 0.3 is 0 Å². The fourth-order valence-corrected chi connectivity index (χ4v) is 5.61. The molecule has 182 valence electrons. The highest BCUT2D eigenvalue weighted by atomic mass is 32.1. The second kappa shape index (κ2) is 8.87. The van der Waals surface area contributed by atoms with Crippen LogP contribution >= 0.6 is 12.2 Å². The first kappa shape index (κ1) is 22.4. The van der Waals surface area contributed by atoms with Crippen molar-refractivity contribution in [2.45, 2.75) is 25.9 Å². The van der Waals surface area contributed by atoms with Gasteiger partial charge in [0.1, 0.15) is 5.75 Å². The van der Waals surface area contributed by atoms with Crippen LogP contribution in [0.25, 0.3) is 5.69 Å². The van der Waals surface area contributed by atoms with Crippen molar-refractivity contribution >= 4 is 23.0 Å². The van der Waals surface area contributed by atoms with Crippen LogP contribution in [0.15, 0.2) is 72.9 Å². The largest absolute Gasteiger partial charge is 0.495 e. The number of para-hydroxylation sites is 2. The summed E-state index contributed by atoms with van der Waals surface area (Å²) in [6.45, 7) is 4.51. The SMILES string of the molecule is COc1ccccc1N1C(=S)N[C@@H](c2ccccn2)[C@@H]1c1cc(C)n(-c2ccc3c(c2)OCO3)c1C. The molecule has 36 heavy (non-hydrogen) atoms. The minimum atomic E-state index is -0.144. The van der Waals surface area contributed by atoms with Crippen molar-refractivity contribution in [3.8, 4) is 22.9 Å². The number of aryl methyl sites for hydroxylation is 1. The Balaban J connectivity index is 1.52. The fourth-order valence-electron chi connectivity index (χ4n) is 5.27. The third kappa shape index (κ3) is 3.56. The highest BCUT2D eigenvalue weighted by Crippen LogP contribution is 2.46. The molecule has 0 aliphatic carbocycles. The first-order valence-corrected chi connectivity index (χ1v) is 12.2. The zero-order valence-corrected chi connectivity index (χ0v) is 21.1. The molecule has 1 N–H and O–H groups in total. The molecule has 4 heterocycles. The van der Waals surface area contributed by atoms with Crippen LogP contribution < -0.4 is 24.4 Å². The number of anilines is 1. The fraction of sp³-hybridized carbons (Fsp3) is 0.214. The lowest BCUT2D eigenvalue weighted by atomic mass is 9.96. The van der Waals surface area contributed by atoms with Crippen molar-refractivity contribution < 1.29 is 14.2 Å². The second-order valence-electron chi connectivity index (χ2n) is 8.87. The van der Waals surface area contributed by atoms with E-state index >= 15 is 0 Å². The normalized spacial score (nSPS) is 18.4. The summed E-state index contributed by atoms with van der Waals surface area (Å²) in [7, 11) is 1.68. The molecule has 7 nitrogen and oxygen atoms in total. The molecule has 0 saturated carbocycles. The smallest absolute Gasteiger partial charge is 0.231 e.